The van der Waals surface area contributed by atoms with E-state index in [-0.39, 0.29) is 11.3 Å². The molecule has 3 rings (SSSR count). The van der Waals surface area contributed by atoms with Crippen molar-refractivity contribution in [1.29, 1.82) is 5.26 Å². The Morgan fingerprint density at radius 3 is 1.97 bits per heavy atom. The normalized spacial score (nSPS) is 19.9. The van der Waals surface area contributed by atoms with Crippen molar-refractivity contribution in [2.24, 2.45) is 11.3 Å². The number of hydrogen-bond donors (Lipinski definition) is 0. The van der Waals surface area contributed by atoms with Crippen LogP contribution in [0.2, 0.25) is 0 Å². The van der Waals surface area contributed by atoms with E-state index in [0.717, 1.165) is 25.2 Å². The number of ether oxygens (including phenoxy) is 1. The molecule has 0 heterocycles. The summed E-state index contributed by atoms with van der Waals surface area (Å²) in [4.78, 5) is 0. The van der Waals surface area contributed by atoms with Gasteiger partial charge in [-0.25, -0.2) is 0 Å². The quantitative estimate of drug-likeness (QED) is 0.214. The van der Waals surface area contributed by atoms with Crippen LogP contribution in [-0.2, 0) is 5.41 Å². The van der Waals surface area contributed by atoms with E-state index in [2.05, 4.69) is 44.2 Å². The fourth-order valence-electron chi connectivity index (χ4n) is 7.38. The summed E-state index contributed by atoms with van der Waals surface area (Å²) in [7, 11) is 0. The van der Waals surface area contributed by atoms with Gasteiger partial charge < -0.3 is 4.74 Å². The summed E-state index contributed by atoms with van der Waals surface area (Å²) in [6.07, 6.45) is 27.2. The molecule has 2 aliphatic rings. The predicted octanol–water partition coefficient (Wildman–Crippen LogP) is 10.7. The average molecular weight is 494 g/mol. The number of benzene rings is 1. The summed E-state index contributed by atoms with van der Waals surface area (Å²) < 4.78 is 6.10. The minimum atomic E-state index is 0.0278. The zero-order valence-corrected chi connectivity index (χ0v) is 23.8. The van der Waals surface area contributed by atoms with Crippen molar-refractivity contribution in [3.63, 3.8) is 0 Å². The predicted molar refractivity (Wildman–Crippen MR) is 153 cm³/mol. The van der Waals surface area contributed by atoms with E-state index in [0.29, 0.717) is 5.41 Å². The number of hydrogen-bond acceptors (Lipinski definition) is 2. The fourth-order valence-corrected chi connectivity index (χ4v) is 7.38. The molecule has 1 aromatic carbocycles. The third kappa shape index (κ3) is 8.26. The molecule has 0 radical (unpaired) electrons. The zero-order chi connectivity index (χ0) is 25.5. The average Bonchev–Trinajstić information content (AvgIpc) is 2.93. The van der Waals surface area contributed by atoms with Crippen molar-refractivity contribution in [1.82, 2.24) is 0 Å². The monoisotopic (exact) mass is 493 g/mol. The highest BCUT2D eigenvalue weighted by atomic mass is 16.5. The van der Waals surface area contributed by atoms with Crippen LogP contribution in [0.3, 0.4) is 0 Å². The summed E-state index contributed by atoms with van der Waals surface area (Å²) in [5.74, 6) is 1.13. The van der Waals surface area contributed by atoms with Crippen molar-refractivity contribution < 1.29 is 4.74 Å². The Hall–Kier alpha value is -1.49. The van der Waals surface area contributed by atoms with Crippen molar-refractivity contribution in [3.8, 4) is 11.8 Å². The van der Waals surface area contributed by atoms with Crippen molar-refractivity contribution in [2.45, 2.75) is 154 Å². The standard InChI is InChI=1S/C34H55NO/c1-3-5-7-8-9-17-27-36-32-20-18-30(19-21-32)34(25-15-11-16-26-34)31(29-35)28-33(22-12-6-4-2)23-13-10-14-24-33/h18-21,31H,3-17,22-28H2,1-2H3. The Morgan fingerprint density at radius 1 is 0.750 bits per heavy atom. The maximum absolute atomic E-state index is 10.6. The molecule has 2 fully saturated rings. The Bertz CT molecular complexity index is 748. The highest BCUT2D eigenvalue weighted by Gasteiger charge is 2.45. The van der Waals surface area contributed by atoms with Crippen LogP contribution >= 0.6 is 0 Å². The first kappa shape index (κ1) is 29.1. The molecule has 2 saturated carbocycles. The molecule has 1 aromatic rings. The summed E-state index contributed by atoms with van der Waals surface area (Å²) in [5, 5.41) is 10.6. The maximum atomic E-state index is 10.6. The molecule has 0 N–H and O–H groups in total. The summed E-state index contributed by atoms with van der Waals surface area (Å²) in [5.41, 5.74) is 1.83. The molecule has 0 aromatic heterocycles. The van der Waals surface area contributed by atoms with E-state index in [1.165, 1.54) is 128 Å². The SMILES string of the molecule is CCCCCCCCOc1ccc(C2(C(C#N)CC3(CCCCC)CCCCC3)CCCCC2)cc1. The lowest BCUT2D eigenvalue weighted by Gasteiger charge is -2.47. The molecule has 0 bridgehead atoms. The van der Waals surface area contributed by atoms with Gasteiger partial charge in [0.1, 0.15) is 5.75 Å². The Labute approximate surface area is 223 Å². The zero-order valence-electron chi connectivity index (χ0n) is 23.8. The van der Waals surface area contributed by atoms with Crippen LogP contribution in [0.1, 0.15) is 154 Å². The molecule has 202 valence electrons. The lowest BCUT2D eigenvalue weighted by atomic mass is 9.56. The molecule has 2 nitrogen and oxygen atoms in total. The first-order valence-electron chi connectivity index (χ1n) is 15.8. The number of nitrogens with zero attached hydrogens (tertiary/aromatic N) is 1. The van der Waals surface area contributed by atoms with Crippen molar-refractivity contribution in [3.05, 3.63) is 29.8 Å². The Morgan fingerprint density at radius 2 is 1.33 bits per heavy atom. The van der Waals surface area contributed by atoms with E-state index < -0.39 is 0 Å². The van der Waals surface area contributed by atoms with E-state index in [4.69, 9.17) is 4.74 Å². The number of nitriles is 1. The second-order valence-corrected chi connectivity index (χ2v) is 12.3. The molecular weight excluding hydrogens is 438 g/mol. The molecule has 36 heavy (non-hydrogen) atoms. The highest BCUT2D eigenvalue weighted by Crippen LogP contribution is 2.53. The van der Waals surface area contributed by atoms with E-state index in [1.54, 1.807) is 0 Å². The van der Waals surface area contributed by atoms with E-state index in [9.17, 15) is 5.26 Å². The summed E-state index contributed by atoms with van der Waals surface area (Å²) in [6.45, 7) is 5.39. The van der Waals surface area contributed by atoms with Crippen LogP contribution in [0.4, 0.5) is 0 Å². The number of unbranched alkanes of at least 4 members (excludes halogenated alkanes) is 7. The third-order valence-corrected chi connectivity index (χ3v) is 9.63. The van der Waals surface area contributed by atoms with Gasteiger partial charge in [-0.3, -0.25) is 0 Å². The topological polar surface area (TPSA) is 33.0 Å². The summed E-state index contributed by atoms with van der Waals surface area (Å²) >= 11 is 0. The lowest BCUT2D eigenvalue weighted by molar-refractivity contribution is 0.0968. The van der Waals surface area contributed by atoms with Gasteiger partial charge in [-0.1, -0.05) is 116 Å². The minimum Gasteiger partial charge on any atom is -0.494 e. The second-order valence-electron chi connectivity index (χ2n) is 12.3. The molecule has 1 unspecified atom stereocenters. The van der Waals surface area contributed by atoms with Crippen molar-refractivity contribution in [2.75, 3.05) is 6.61 Å². The fraction of sp³-hybridized carbons (Fsp3) is 0.794. The molecule has 1 atom stereocenters. The van der Waals surface area contributed by atoms with Crippen molar-refractivity contribution >= 4 is 0 Å². The van der Waals surface area contributed by atoms with Gasteiger partial charge >= 0.3 is 0 Å². The molecule has 0 spiro atoms. The first-order valence-corrected chi connectivity index (χ1v) is 15.8. The largest absolute Gasteiger partial charge is 0.494 e. The van der Waals surface area contributed by atoms with E-state index in [1.807, 2.05) is 0 Å². The summed E-state index contributed by atoms with van der Waals surface area (Å²) in [6, 6.07) is 11.9. The van der Waals surface area contributed by atoms with Gasteiger partial charge in [-0.05, 0) is 68.1 Å². The van der Waals surface area contributed by atoms with Gasteiger partial charge in [-0.15, -0.1) is 0 Å². The highest BCUT2D eigenvalue weighted by molar-refractivity contribution is 5.35. The van der Waals surface area contributed by atoms with Crippen LogP contribution in [-0.4, -0.2) is 6.61 Å². The van der Waals surface area contributed by atoms with Crippen LogP contribution < -0.4 is 4.74 Å². The lowest BCUT2D eigenvalue weighted by Crippen LogP contribution is -2.40. The van der Waals surface area contributed by atoms with Gasteiger partial charge in [0.25, 0.3) is 0 Å². The number of rotatable bonds is 16. The van der Waals surface area contributed by atoms with Gasteiger partial charge in [-0.2, -0.15) is 5.26 Å². The molecular formula is C34H55NO. The molecule has 0 aliphatic heterocycles. The van der Waals surface area contributed by atoms with Crippen LogP contribution in [0.15, 0.2) is 24.3 Å². The molecule has 0 saturated heterocycles. The Balaban J connectivity index is 1.68. The maximum Gasteiger partial charge on any atom is 0.119 e. The van der Waals surface area contributed by atoms with Gasteiger partial charge in [0.05, 0.1) is 18.6 Å². The van der Waals surface area contributed by atoms with Crippen LogP contribution in [0, 0.1) is 22.7 Å². The van der Waals surface area contributed by atoms with E-state index >= 15 is 0 Å². The Kier molecular flexibility index (Phi) is 12.7. The first-order chi connectivity index (χ1) is 17.7. The van der Waals surface area contributed by atoms with Gasteiger partial charge in [0, 0.05) is 5.41 Å². The molecule has 2 aliphatic carbocycles. The molecule has 2 heteroatoms. The minimum absolute atomic E-state index is 0.0278. The second kappa shape index (κ2) is 15.7. The van der Waals surface area contributed by atoms with Crippen LogP contribution in [0.5, 0.6) is 5.75 Å². The van der Waals surface area contributed by atoms with Crippen LogP contribution in [0.25, 0.3) is 0 Å². The van der Waals surface area contributed by atoms with Gasteiger partial charge in [0.2, 0.25) is 0 Å². The molecule has 0 amide bonds. The smallest absolute Gasteiger partial charge is 0.119 e. The van der Waals surface area contributed by atoms with Gasteiger partial charge in [0.15, 0.2) is 0 Å². The third-order valence-electron chi connectivity index (χ3n) is 9.63.